The molecular weight excluding hydrogens is 280 g/mol. The van der Waals surface area contributed by atoms with Gasteiger partial charge in [0.2, 0.25) is 10.0 Å². The molecule has 1 heterocycles. The summed E-state index contributed by atoms with van der Waals surface area (Å²) in [5, 5.41) is 6.20. The summed E-state index contributed by atoms with van der Waals surface area (Å²) in [6.45, 7) is 3.21. The number of hydrogen-bond donors (Lipinski definition) is 3. The molecule has 0 aliphatic rings. The van der Waals surface area contributed by atoms with Gasteiger partial charge in [-0.05, 0) is 25.5 Å². The van der Waals surface area contributed by atoms with E-state index in [9.17, 15) is 8.42 Å². The SMILES string of the molecule is CCS(=O)(=O)NCCCNC(=NC)NCc1ccco1. The Hall–Kier alpha value is -1.54. The highest BCUT2D eigenvalue weighted by molar-refractivity contribution is 7.89. The molecular formula is C12H22N4O3S. The van der Waals surface area contributed by atoms with Gasteiger partial charge >= 0.3 is 0 Å². The molecule has 0 aromatic carbocycles. The Morgan fingerprint density at radius 2 is 2.15 bits per heavy atom. The standard InChI is InChI=1S/C12H22N4O3S/c1-3-20(17,18)16-8-5-7-14-12(13-2)15-10-11-6-4-9-19-11/h4,6,9,16H,3,5,7-8,10H2,1-2H3,(H2,13,14,15). The Labute approximate surface area is 119 Å². The molecule has 1 rings (SSSR count). The second kappa shape index (κ2) is 8.60. The van der Waals surface area contributed by atoms with Gasteiger partial charge in [-0.25, -0.2) is 13.1 Å². The number of rotatable bonds is 8. The first-order valence-corrected chi connectivity index (χ1v) is 8.17. The number of sulfonamides is 1. The summed E-state index contributed by atoms with van der Waals surface area (Å²) < 4.78 is 30.1. The molecule has 0 amide bonds. The fraction of sp³-hybridized carbons (Fsp3) is 0.583. The van der Waals surface area contributed by atoms with Crippen molar-refractivity contribution < 1.29 is 12.8 Å². The molecule has 0 saturated heterocycles. The lowest BCUT2D eigenvalue weighted by Crippen LogP contribution is -2.38. The lowest BCUT2D eigenvalue weighted by molar-refractivity contribution is 0.501. The van der Waals surface area contributed by atoms with Crippen molar-refractivity contribution in [3.8, 4) is 0 Å². The zero-order valence-electron chi connectivity index (χ0n) is 11.8. The van der Waals surface area contributed by atoms with Crippen molar-refractivity contribution in [3.63, 3.8) is 0 Å². The lowest BCUT2D eigenvalue weighted by Gasteiger charge is -2.11. The molecule has 0 unspecified atom stereocenters. The van der Waals surface area contributed by atoms with E-state index in [0.29, 0.717) is 32.0 Å². The minimum Gasteiger partial charge on any atom is -0.467 e. The van der Waals surface area contributed by atoms with Crippen LogP contribution in [-0.4, -0.2) is 40.3 Å². The molecule has 0 radical (unpaired) electrons. The fourth-order valence-corrected chi connectivity index (χ4v) is 2.09. The van der Waals surface area contributed by atoms with Crippen LogP contribution in [0.4, 0.5) is 0 Å². The van der Waals surface area contributed by atoms with Gasteiger partial charge in [0.25, 0.3) is 0 Å². The molecule has 1 aromatic rings. The summed E-state index contributed by atoms with van der Waals surface area (Å²) in [5.41, 5.74) is 0. The average molecular weight is 302 g/mol. The van der Waals surface area contributed by atoms with Gasteiger partial charge in [0, 0.05) is 20.1 Å². The zero-order chi connectivity index (χ0) is 14.8. The minimum absolute atomic E-state index is 0.104. The Balaban J connectivity index is 2.16. The maximum atomic E-state index is 11.2. The summed E-state index contributed by atoms with van der Waals surface area (Å²) in [6.07, 6.45) is 2.30. The summed E-state index contributed by atoms with van der Waals surface area (Å²) in [5.74, 6) is 1.58. The molecule has 0 spiro atoms. The molecule has 3 N–H and O–H groups in total. The smallest absolute Gasteiger partial charge is 0.211 e. The summed E-state index contributed by atoms with van der Waals surface area (Å²) >= 11 is 0. The van der Waals surface area contributed by atoms with Gasteiger partial charge in [-0.2, -0.15) is 0 Å². The van der Waals surface area contributed by atoms with Crippen molar-refractivity contribution in [2.45, 2.75) is 19.9 Å². The van der Waals surface area contributed by atoms with Crippen LogP contribution in [0.25, 0.3) is 0 Å². The van der Waals surface area contributed by atoms with E-state index in [1.54, 1.807) is 20.2 Å². The number of nitrogens with one attached hydrogen (secondary N) is 3. The summed E-state index contributed by atoms with van der Waals surface area (Å²) in [4.78, 5) is 4.06. The molecule has 0 aliphatic carbocycles. The van der Waals surface area contributed by atoms with Crippen molar-refractivity contribution >= 4 is 16.0 Å². The van der Waals surface area contributed by atoms with E-state index >= 15 is 0 Å². The monoisotopic (exact) mass is 302 g/mol. The molecule has 114 valence electrons. The van der Waals surface area contributed by atoms with Crippen LogP contribution in [0, 0.1) is 0 Å². The Morgan fingerprint density at radius 3 is 2.75 bits per heavy atom. The molecule has 0 atom stereocenters. The maximum Gasteiger partial charge on any atom is 0.211 e. The number of nitrogens with zero attached hydrogens (tertiary/aromatic N) is 1. The molecule has 7 nitrogen and oxygen atoms in total. The Kier molecular flexibility index (Phi) is 7.10. The van der Waals surface area contributed by atoms with Crippen molar-refractivity contribution in [2.24, 2.45) is 4.99 Å². The molecule has 0 bridgehead atoms. The van der Waals surface area contributed by atoms with E-state index in [1.807, 2.05) is 12.1 Å². The highest BCUT2D eigenvalue weighted by Crippen LogP contribution is 1.98. The minimum atomic E-state index is -3.10. The van der Waals surface area contributed by atoms with E-state index in [4.69, 9.17) is 4.42 Å². The summed E-state index contributed by atoms with van der Waals surface area (Å²) in [6, 6.07) is 3.70. The normalized spacial score (nSPS) is 12.4. The first-order chi connectivity index (χ1) is 9.57. The second-order valence-corrected chi connectivity index (χ2v) is 6.18. The Bertz CT molecular complexity index is 497. The van der Waals surface area contributed by atoms with Crippen LogP contribution in [-0.2, 0) is 16.6 Å². The van der Waals surface area contributed by atoms with Crippen molar-refractivity contribution in [1.82, 2.24) is 15.4 Å². The fourth-order valence-electron chi connectivity index (χ4n) is 1.43. The first kappa shape index (κ1) is 16.5. The second-order valence-electron chi connectivity index (χ2n) is 4.08. The van der Waals surface area contributed by atoms with Gasteiger partial charge in [-0.3, -0.25) is 4.99 Å². The maximum absolute atomic E-state index is 11.2. The third-order valence-electron chi connectivity index (χ3n) is 2.58. The van der Waals surface area contributed by atoms with E-state index in [1.165, 1.54) is 0 Å². The zero-order valence-corrected chi connectivity index (χ0v) is 12.7. The van der Waals surface area contributed by atoms with Crippen LogP contribution in [0.5, 0.6) is 0 Å². The number of hydrogen-bond acceptors (Lipinski definition) is 4. The highest BCUT2D eigenvalue weighted by atomic mass is 32.2. The predicted molar refractivity (Wildman–Crippen MR) is 79.0 cm³/mol. The van der Waals surface area contributed by atoms with Crippen molar-refractivity contribution in [1.29, 1.82) is 0 Å². The van der Waals surface area contributed by atoms with E-state index in [-0.39, 0.29) is 5.75 Å². The molecule has 0 aliphatic heterocycles. The number of aliphatic imine (C=N–C) groups is 1. The number of furan rings is 1. The third kappa shape index (κ3) is 6.58. The van der Waals surface area contributed by atoms with Crippen LogP contribution in [0.15, 0.2) is 27.8 Å². The van der Waals surface area contributed by atoms with Gasteiger partial charge in [-0.1, -0.05) is 0 Å². The van der Waals surface area contributed by atoms with Gasteiger partial charge in [-0.15, -0.1) is 0 Å². The average Bonchev–Trinajstić information content (AvgIpc) is 2.95. The van der Waals surface area contributed by atoms with Crippen molar-refractivity contribution in [3.05, 3.63) is 24.2 Å². The summed E-state index contributed by atoms with van der Waals surface area (Å²) in [7, 11) is -1.42. The first-order valence-electron chi connectivity index (χ1n) is 6.51. The predicted octanol–water partition coefficient (Wildman–Crippen LogP) is 0.274. The van der Waals surface area contributed by atoms with Gasteiger partial charge in [0.05, 0.1) is 18.6 Å². The van der Waals surface area contributed by atoms with Crippen LogP contribution in [0.1, 0.15) is 19.1 Å². The van der Waals surface area contributed by atoms with E-state index < -0.39 is 10.0 Å². The van der Waals surface area contributed by atoms with Crippen molar-refractivity contribution in [2.75, 3.05) is 25.9 Å². The Morgan fingerprint density at radius 1 is 1.35 bits per heavy atom. The number of guanidine groups is 1. The molecule has 1 aromatic heterocycles. The molecule has 8 heteroatoms. The lowest BCUT2D eigenvalue weighted by atomic mass is 10.4. The topological polar surface area (TPSA) is 95.7 Å². The third-order valence-corrected chi connectivity index (χ3v) is 3.99. The highest BCUT2D eigenvalue weighted by Gasteiger charge is 2.04. The van der Waals surface area contributed by atoms with Crippen LogP contribution in [0.2, 0.25) is 0 Å². The largest absolute Gasteiger partial charge is 0.467 e. The van der Waals surface area contributed by atoms with Gasteiger partial charge < -0.3 is 15.1 Å². The van der Waals surface area contributed by atoms with Crippen LogP contribution >= 0.6 is 0 Å². The van der Waals surface area contributed by atoms with E-state index in [2.05, 4.69) is 20.3 Å². The quantitative estimate of drug-likeness (QED) is 0.364. The van der Waals surface area contributed by atoms with Gasteiger partial charge in [0.15, 0.2) is 5.96 Å². The van der Waals surface area contributed by atoms with E-state index in [0.717, 1.165) is 5.76 Å². The van der Waals surface area contributed by atoms with Crippen LogP contribution < -0.4 is 15.4 Å². The molecule has 0 fully saturated rings. The van der Waals surface area contributed by atoms with Gasteiger partial charge in [0.1, 0.15) is 5.76 Å². The van der Waals surface area contributed by atoms with Crippen LogP contribution in [0.3, 0.4) is 0 Å². The molecule has 0 saturated carbocycles. The molecule has 20 heavy (non-hydrogen) atoms.